The number of halogens is 2. The van der Waals surface area contributed by atoms with Crippen molar-refractivity contribution in [3.63, 3.8) is 0 Å². The predicted molar refractivity (Wildman–Crippen MR) is 73.1 cm³/mol. The van der Waals surface area contributed by atoms with Gasteiger partial charge in [-0.3, -0.25) is 0 Å². The van der Waals surface area contributed by atoms with Gasteiger partial charge in [-0.2, -0.15) is 0 Å². The fourth-order valence-corrected chi connectivity index (χ4v) is 1.80. The Morgan fingerprint density at radius 1 is 1.56 bits per heavy atom. The van der Waals surface area contributed by atoms with Crippen LogP contribution in [-0.2, 0) is 9.53 Å². The molecule has 5 heteroatoms. The molecule has 18 heavy (non-hydrogen) atoms. The second-order valence-corrected chi connectivity index (χ2v) is 4.61. The third-order valence-electron chi connectivity index (χ3n) is 2.32. The lowest BCUT2D eigenvalue weighted by Crippen LogP contribution is -2.15. The van der Waals surface area contributed by atoms with Gasteiger partial charge in [0.05, 0.1) is 11.1 Å². The number of hydrogen-bond donors (Lipinski definition) is 1. The van der Waals surface area contributed by atoms with E-state index in [-0.39, 0.29) is 12.4 Å². The van der Waals surface area contributed by atoms with Crippen LogP contribution >= 0.6 is 15.9 Å². The van der Waals surface area contributed by atoms with Gasteiger partial charge < -0.3 is 10.1 Å². The zero-order chi connectivity index (χ0) is 13.7. The van der Waals surface area contributed by atoms with Crippen LogP contribution < -0.4 is 5.32 Å². The Hall–Kier alpha value is -1.36. The molecule has 1 rings (SSSR count). The first-order chi connectivity index (χ1) is 8.45. The standard InChI is InChI=1S/C13H15BrFNO2/c1-4-18-13(17)9(3)7-16-12-6-11(15)10(14)5-8(12)2/h5-6,16H,3-4,7H2,1-2H3. The van der Waals surface area contributed by atoms with Crippen LogP contribution in [0.2, 0.25) is 0 Å². The summed E-state index contributed by atoms with van der Waals surface area (Å²) in [6, 6.07) is 3.04. The summed E-state index contributed by atoms with van der Waals surface area (Å²) in [7, 11) is 0. The third-order valence-corrected chi connectivity index (χ3v) is 2.93. The molecule has 0 aliphatic carbocycles. The number of benzene rings is 1. The van der Waals surface area contributed by atoms with Gasteiger partial charge >= 0.3 is 5.97 Å². The molecule has 0 aliphatic rings. The first-order valence-electron chi connectivity index (χ1n) is 5.50. The van der Waals surface area contributed by atoms with Crippen LogP contribution in [0.3, 0.4) is 0 Å². The quantitative estimate of drug-likeness (QED) is 0.668. The lowest BCUT2D eigenvalue weighted by molar-refractivity contribution is -0.138. The first kappa shape index (κ1) is 14.7. The lowest BCUT2D eigenvalue weighted by Gasteiger charge is -2.11. The second-order valence-electron chi connectivity index (χ2n) is 3.76. The molecule has 0 amide bonds. The molecule has 0 radical (unpaired) electrons. The van der Waals surface area contributed by atoms with E-state index in [9.17, 15) is 9.18 Å². The van der Waals surface area contributed by atoms with Crippen LogP contribution in [0.4, 0.5) is 10.1 Å². The van der Waals surface area contributed by atoms with E-state index in [0.29, 0.717) is 22.3 Å². The second kappa shape index (κ2) is 6.54. The van der Waals surface area contributed by atoms with Crippen LogP contribution in [-0.4, -0.2) is 19.1 Å². The minimum Gasteiger partial charge on any atom is -0.463 e. The Bertz CT molecular complexity index is 474. The fraction of sp³-hybridized carbons (Fsp3) is 0.308. The fourth-order valence-electron chi connectivity index (χ4n) is 1.34. The summed E-state index contributed by atoms with van der Waals surface area (Å²) < 4.78 is 18.6. The van der Waals surface area contributed by atoms with Crippen LogP contribution in [0.15, 0.2) is 28.8 Å². The maximum Gasteiger partial charge on any atom is 0.335 e. The van der Waals surface area contributed by atoms with Gasteiger partial charge in [-0.15, -0.1) is 0 Å². The molecule has 0 aliphatic heterocycles. The zero-order valence-electron chi connectivity index (χ0n) is 10.3. The Kier molecular flexibility index (Phi) is 5.34. The molecule has 0 saturated heterocycles. The lowest BCUT2D eigenvalue weighted by atomic mass is 10.2. The molecule has 1 aromatic rings. The molecule has 0 fully saturated rings. The van der Waals surface area contributed by atoms with Crippen molar-refractivity contribution in [2.24, 2.45) is 0 Å². The van der Waals surface area contributed by atoms with E-state index < -0.39 is 5.97 Å². The molecule has 0 heterocycles. The predicted octanol–water partition coefficient (Wildman–Crippen LogP) is 3.43. The van der Waals surface area contributed by atoms with E-state index in [4.69, 9.17) is 4.74 Å². The van der Waals surface area contributed by atoms with Crippen molar-refractivity contribution in [1.82, 2.24) is 0 Å². The molecular formula is C13H15BrFNO2. The van der Waals surface area contributed by atoms with Gasteiger partial charge in [0, 0.05) is 17.8 Å². The van der Waals surface area contributed by atoms with Crippen molar-refractivity contribution in [2.75, 3.05) is 18.5 Å². The highest BCUT2D eigenvalue weighted by Gasteiger charge is 2.09. The summed E-state index contributed by atoms with van der Waals surface area (Å²) in [5.41, 5.74) is 1.81. The van der Waals surface area contributed by atoms with Gasteiger partial charge in [-0.05, 0) is 47.5 Å². The van der Waals surface area contributed by atoms with E-state index >= 15 is 0 Å². The number of ether oxygens (including phenoxy) is 1. The van der Waals surface area contributed by atoms with Gasteiger partial charge in [-0.1, -0.05) is 6.58 Å². The van der Waals surface area contributed by atoms with E-state index in [0.717, 1.165) is 5.56 Å². The van der Waals surface area contributed by atoms with Crippen molar-refractivity contribution in [3.8, 4) is 0 Å². The molecule has 0 bridgehead atoms. The average Bonchev–Trinajstić information content (AvgIpc) is 2.32. The van der Waals surface area contributed by atoms with Crippen molar-refractivity contribution in [1.29, 1.82) is 0 Å². The maximum atomic E-state index is 13.4. The van der Waals surface area contributed by atoms with Gasteiger partial charge in [0.15, 0.2) is 0 Å². The number of esters is 1. The Morgan fingerprint density at radius 3 is 2.83 bits per heavy atom. The van der Waals surface area contributed by atoms with Crippen LogP contribution in [0.5, 0.6) is 0 Å². The Labute approximate surface area is 114 Å². The van der Waals surface area contributed by atoms with E-state index in [1.54, 1.807) is 13.0 Å². The number of nitrogens with one attached hydrogen (secondary N) is 1. The number of rotatable bonds is 5. The summed E-state index contributed by atoms with van der Waals surface area (Å²) >= 11 is 3.11. The van der Waals surface area contributed by atoms with Gasteiger partial charge in [0.25, 0.3) is 0 Å². The minimum atomic E-state index is -0.444. The van der Waals surface area contributed by atoms with E-state index in [1.165, 1.54) is 6.07 Å². The maximum absolute atomic E-state index is 13.4. The molecule has 1 aromatic carbocycles. The summed E-state index contributed by atoms with van der Waals surface area (Å²) in [4.78, 5) is 11.3. The Morgan fingerprint density at radius 2 is 2.22 bits per heavy atom. The zero-order valence-corrected chi connectivity index (χ0v) is 11.9. The number of carbonyl (C=O) groups is 1. The van der Waals surface area contributed by atoms with Crippen molar-refractivity contribution >= 4 is 27.6 Å². The van der Waals surface area contributed by atoms with E-state index in [1.807, 2.05) is 6.92 Å². The molecule has 0 saturated carbocycles. The third kappa shape index (κ3) is 3.84. The van der Waals surface area contributed by atoms with Gasteiger partial charge in [0.1, 0.15) is 5.82 Å². The molecule has 3 nitrogen and oxygen atoms in total. The summed E-state index contributed by atoms with van der Waals surface area (Å²) in [6.45, 7) is 7.73. The molecule has 0 atom stereocenters. The van der Waals surface area contributed by atoms with Crippen molar-refractivity contribution < 1.29 is 13.9 Å². The topological polar surface area (TPSA) is 38.3 Å². The first-order valence-corrected chi connectivity index (χ1v) is 6.29. The molecular weight excluding hydrogens is 301 g/mol. The molecule has 0 aromatic heterocycles. The van der Waals surface area contributed by atoms with Crippen molar-refractivity contribution in [3.05, 3.63) is 40.1 Å². The van der Waals surface area contributed by atoms with Gasteiger partial charge in [0.2, 0.25) is 0 Å². The highest BCUT2D eigenvalue weighted by Crippen LogP contribution is 2.24. The molecule has 1 N–H and O–H groups in total. The minimum absolute atomic E-state index is 0.223. The smallest absolute Gasteiger partial charge is 0.335 e. The largest absolute Gasteiger partial charge is 0.463 e. The molecule has 98 valence electrons. The number of anilines is 1. The highest BCUT2D eigenvalue weighted by atomic mass is 79.9. The normalized spacial score (nSPS) is 10.0. The molecule has 0 unspecified atom stereocenters. The average molecular weight is 316 g/mol. The van der Waals surface area contributed by atoms with E-state index in [2.05, 4.69) is 27.8 Å². The highest BCUT2D eigenvalue weighted by molar-refractivity contribution is 9.10. The Balaban J connectivity index is 2.67. The van der Waals surface area contributed by atoms with Gasteiger partial charge in [-0.25, -0.2) is 9.18 Å². The molecule has 0 spiro atoms. The summed E-state index contributed by atoms with van der Waals surface area (Å²) in [5, 5.41) is 2.96. The number of aryl methyl sites for hydroxylation is 1. The monoisotopic (exact) mass is 315 g/mol. The summed E-state index contributed by atoms with van der Waals surface area (Å²) in [5.74, 6) is -0.801. The number of hydrogen-bond acceptors (Lipinski definition) is 3. The van der Waals surface area contributed by atoms with Crippen molar-refractivity contribution in [2.45, 2.75) is 13.8 Å². The SMILES string of the molecule is C=C(CNc1cc(F)c(Br)cc1C)C(=O)OCC. The van der Waals surface area contributed by atoms with Crippen LogP contribution in [0, 0.1) is 12.7 Å². The van der Waals surface area contributed by atoms with Crippen LogP contribution in [0.1, 0.15) is 12.5 Å². The summed E-state index contributed by atoms with van der Waals surface area (Å²) in [6.07, 6.45) is 0. The van der Waals surface area contributed by atoms with Crippen LogP contribution in [0.25, 0.3) is 0 Å². The number of carbonyl (C=O) groups excluding carboxylic acids is 1.